The number of anilines is 1. The van der Waals surface area contributed by atoms with E-state index in [0.717, 1.165) is 12.1 Å². The fraction of sp³-hybridized carbons (Fsp3) is 0.136. The number of halogens is 3. The van der Waals surface area contributed by atoms with Gasteiger partial charge in [-0.2, -0.15) is 13.2 Å². The zero-order valence-electron chi connectivity index (χ0n) is 16.8. The van der Waals surface area contributed by atoms with E-state index in [1.54, 1.807) is 0 Å². The molecule has 0 heterocycles. The number of ketones is 1. The molecule has 11 heteroatoms. The van der Waals surface area contributed by atoms with Gasteiger partial charge in [0.2, 0.25) is 0 Å². The van der Waals surface area contributed by atoms with E-state index in [4.69, 9.17) is 0 Å². The molecule has 1 unspecified atom stereocenters. The minimum atomic E-state index is -4.52. The Morgan fingerprint density at radius 1 is 0.818 bits per heavy atom. The number of nitro benzene ring substituents is 2. The van der Waals surface area contributed by atoms with Crippen LogP contribution in [0, 0.1) is 20.2 Å². The lowest BCUT2D eigenvalue weighted by Crippen LogP contribution is -2.16. The maximum atomic E-state index is 12.9. The normalized spacial score (nSPS) is 12.1. The Hall–Kier alpha value is -4.28. The first-order valence-corrected chi connectivity index (χ1v) is 9.50. The molecule has 0 amide bonds. The summed E-state index contributed by atoms with van der Waals surface area (Å²) in [5.74, 6) is -0.399. The van der Waals surface area contributed by atoms with Crippen LogP contribution < -0.4 is 5.32 Å². The molecule has 3 aromatic carbocycles. The Labute approximate surface area is 185 Å². The minimum absolute atomic E-state index is 0.145. The number of non-ortho nitro benzene ring substituents is 2. The van der Waals surface area contributed by atoms with Crippen molar-refractivity contribution < 1.29 is 27.8 Å². The monoisotopic (exact) mass is 459 g/mol. The summed E-state index contributed by atoms with van der Waals surface area (Å²) in [5.41, 5.74) is -0.174. The Balaban J connectivity index is 1.87. The Morgan fingerprint density at radius 2 is 1.30 bits per heavy atom. The van der Waals surface area contributed by atoms with Gasteiger partial charge in [-0.1, -0.05) is 12.1 Å². The van der Waals surface area contributed by atoms with Crippen LogP contribution in [0.2, 0.25) is 0 Å². The van der Waals surface area contributed by atoms with Crippen LogP contribution in [0.25, 0.3) is 0 Å². The number of carbonyl (C=O) groups is 1. The first-order chi connectivity index (χ1) is 15.5. The number of hydrogen-bond donors (Lipinski definition) is 1. The quantitative estimate of drug-likeness (QED) is 0.253. The summed E-state index contributed by atoms with van der Waals surface area (Å²) in [6, 6.07) is 13.8. The number of benzene rings is 3. The third-order valence-electron chi connectivity index (χ3n) is 4.85. The zero-order chi connectivity index (χ0) is 24.2. The van der Waals surface area contributed by atoms with E-state index in [9.17, 15) is 38.2 Å². The fourth-order valence-electron chi connectivity index (χ4n) is 3.11. The van der Waals surface area contributed by atoms with Gasteiger partial charge in [-0.05, 0) is 42.0 Å². The number of alkyl halides is 3. The van der Waals surface area contributed by atoms with Crippen molar-refractivity contribution in [3.8, 4) is 0 Å². The predicted octanol–water partition coefficient (Wildman–Crippen LogP) is 5.95. The van der Waals surface area contributed by atoms with Gasteiger partial charge in [0, 0.05) is 41.9 Å². The van der Waals surface area contributed by atoms with Crippen molar-refractivity contribution in [3.05, 3.63) is 110 Å². The van der Waals surface area contributed by atoms with Crippen molar-refractivity contribution in [3.63, 3.8) is 0 Å². The van der Waals surface area contributed by atoms with E-state index in [-0.39, 0.29) is 23.4 Å². The molecule has 1 N–H and O–H groups in total. The van der Waals surface area contributed by atoms with Crippen molar-refractivity contribution >= 4 is 22.8 Å². The third-order valence-corrected chi connectivity index (χ3v) is 4.85. The summed E-state index contributed by atoms with van der Waals surface area (Å²) in [7, 11) is 0. The van der Waals surface area contributed by atoms with Gasteiger partial charge < -0.3 is 5.32 Å². The molecule has 8 nitrogen and oxygen atoms in total. The number of Topliss-reactive ketones (excluding diaryl/α,β-unsaturated/α-hetero) is 1. The topological polar surface area (TPSA) is 115 Å². The first kappa shape index (κ1) is 23.4. The average molecular weight is 459 g/mol. The van der Waals surface area contributed by atoms with E-state index >= 15 is 0 Å². The van der Waals surface area contributed by atoms with Gasteiger partial charge >= 0.3 is 6.18 Å². The highest BCUT2D eigenvalue weighted by atomic mass is 19.4. The number of nitro groups is 2. The zero-order valence-corrected chi connectivity index (χ0v) is 16.8. The Kier molecular flexibility index (Phi) is 6.71. The van der Waals surface area contributed by atoms with Crippen LogP contribution in [-0.2, 0) is 6.18 Å². The number of nitrogens with zero attached hydrogens (tertiary/aromatic N) is 2. The molecule has 0 saturated heterocycles. The molecule has 0 aliphatic carbocycles. The molecule has 0 aromatic heterocycles. The van der Waals surface area contributed by atoms with Crippen LogP contribution in [0.3, 0.4) is 0 Å². The molecule has 0 radical (unpaired) electrons. The number of carbonyl (C=O) groups excluding carboxylic acids is 1. The minimum Gasteiger partial charge on any atom is -0.378 e. The second-order valence-electron chi connectivity index (χ2n) is 7.05. The van der Waals surface area contributed by atoms with Gasteiger partial charge in [-0.3, -0.25) is 25.0 Å². The maximum Gasteiger partial charge on any atom is 0.416 e. The van der Waals surface area contributed by atoms with Crippen molar-refractivity contribution in [2.24, 2.45) is 0 Å². The summed E-state index contributed by atoms with van der Waals surface area (Å²) in [4.78, 5) is 33.3. The van der Waals surface area contributed by atoms with E-state index in [2.05, 4.69) is 5.32 Å². The van der Waals surface area contributed by atoms with E-state index in [1.807, 2.05) is 0 Å². The van der Waals surface area contributed by atoms with Crippen molar-refractivity contribution in [1.82, 2.24) is 0 Å². The molecule has 0 fully saturated rings. The van der Waals surface area contributed by atoms with Crippen LogP contribution >= 0.6 is 0 Å². The molecule has 0 saturated carbocycles. The second kappa shape index (κ2) is 9.47. The standard InChI is InChI=1S/C22H16F3N3O5/c23-22(24,25)16-5-1-14(2-6-16)20(26-17-7-11-19(12-8-17)28(32)33)13-21(29)15-3-9-18(10-4-15)27(30)31/h1-12,20,26H,13H2. The van der Waals surface area contributed by atoms with Gasteiger partial charge in [0.05, 0.1) is 21.5 Å². The van der Waals surface area contributed by atoms with E-state index < -0.39 is 33.4 Å². The average Bonchev–Trinajstić information content (AvgIpc) is 2.78. The van der Waals surface area contributed by atoms with E-state index in [0.29, 0.717) is 11.3 Å². The largest absolute Gasteiger partial charge is 0.416 e. The molecule has 1 atom stereocenters. The first-order valence-electron chi connectivity index (χ1n) is 9.50. The molecule has 0 aliphatic heterocycles. The molecule has 0 spiro atoms. The van der Waals surface area contributed by atoms with Crippen molar-refractivity contribution in [1.29, 1.82) is 0 Å². The molecule has 3 aromatic rings. The van der Waals surface area contributed by atoms with Gasteiger partial charge in [0.25, 0.3) is 11.4 Å². The van der Waals surface area contributed by atoms with Crippen LogP contribution in [0.5, 0.6) is 0 Å². The highest BCUT2D eigenvalue weighted by molar-refractivity contribution is 5.97. The summed E-state index contributed by atoms with van der Waals surface area (Å²) in [6.45, 7) is 0. The van der Waals surface area contributed by atoms with Crippen LogP contribution in [0.1, 0.15) is 33.9 Å². The lowest BCUT2D eigenvalue weighted by atomic mass is 9.96. The molecular formula is C22H16F3N3O5. The molecule has 3 rings (SSSR count). The fourth-order valence-corrected chi connectivity index (χ4v) is 3.11. The molecular weight excluding hydrogens is 443 g/mol. The highest BCUT2D eigenvalue weighted by Crippen LogP contribution is 2.32. The molecule has 0 aliphatic rings. The molecule has 170 valence electrons. The van der Waals surface area contributed by atoms with Crippen LogP contribution in [-0.4, -0.2) is 15.6 Å². The molecule has 33 heavy (non-hydrogen) atoms. The summed E-state index contributed by atoms with van der Waals surface area (Å²) >= 11 is 0. The number of hydrogen-bond acceptors (Lipinski definition) is 6. The van der Waals surface area contributed by atoms with Gasteiger partial charge in [-0.25, -0.2) is 0 Å². The summed E-state index contributed by atoms with van der Waals surface area (Å²) in [5, 5.41) is 24.7. The van der Waals surface area contributed by atoms with E-state index in [1.165, 1.54) is 60.7 Å². The number of rotatable bonds is 8. The smallest absolute Gasteiger partial charge is 0.378 e. The van der Waals surface area contributed by atoms with Gasteiger partial charge in [0.15, 0.2) is 5.78 Å². The van der Waals surface area contributed by atoms with Crippen LogP contribution in [0.15, 0.2) is 72.8 Å². The van der Waals surface area contributed by atoms with Gasteiger partial charge in [0.1, 0.15) is 0 Å². The molecule has 0 bridgehead atoms. The Morgan fingerprint density at radius 3 is 1.76 bits per heavy atom. The second-order valence-corrected chi connectivity index (χ2v) is 7.05. The van der Waals surface area contributed by atoms with Crippen molar-refractivity contribution in [2.75, 3.05) is 5.32 Å². The highest BCUT2D eigenvalue weighted by Gasteiger charge is 2.30. The lowest BCUT2D eigenvalue weighted by molar-refractivity contribution is -0.385. The van der Waals surface area contributed by atoms with Crippen LogP contribution in [0.4, 0.5) is 30.2 Å². The Bertz CT molecular complexity index is 1160. The van der Waals surface area contributed by atoms with Gasteiger partial charge in [-0.15, -0.1) is 0 Å². The summed E-state index contributed by atoms with van der Waals surface area (Å²) < 4.78 is 38.8. The predicted molar refractivity (Wildman–Crippen MR) is 113 cm³/mol. The maximum absolute atomic E-state index is 12.9. The SMILES string of the molecule is O=C(CC(Nc1ccc([N+](=O)[O-])cc1)c1ccc(C(F)(F)F)cc1)c1ccc([N+](=O)[O-])cc1. The number of nitrogens with one attached hydrogen (secondary N) is 1. The third kappa shape index (κ3) is 5.91. The summed E-state index contributed by atoms with van der Waals surface area (Å²) in [6.07, 6.45) is -4.70. The lowest BCUT2D eigenvalue weighted by Gasteiger charge is -2.21. The van der Waals surface area contributed by atoms with Crippen molar-refractivity contribution in [2.45, 2.75) is 18.6 Å².